The average Bonchev–Trinajstić information content (AvgIpc) is 2.45. The number of rotatable bonds is 4. The molecule has 0 aliphatic carbocycles. The number of ether oxygens (including phenoxy) is 1. The SMILES string of the molecule is CCNCC1CCCOC1c1ccc(F)c(C(F)(F)F)c1. The fourth-order valence-corrected chi connectivity index (χ4v) is 2.69. The molecule has 1 aromatic rings. The van der Waals surface area contributed by atoms with E-state index in [1.54, 1.807) is 0 Å². The summed E-state index contributed by atoms with van der Waals surface area (Å²) in [4.78, 5) is 0. The summed E-state index contributed by atoms with van der Waals surface area (Å²) in [6.07, 6.45) is -3.33. The first-order valence-electron chi connectivity index (χ1n) is 7.12. The summed E-state index contributed by atoms with van der Waals surface area (Å²) in [7, 11) is 0. The number of hydrogen-bond acceptors (Lipinski definition) is 2. The van der Waals surface area contributed by atoms with Crippen LogP contribution in [0.1, 0.15) is 37.0 Å². The zero-order chi connectivity index (χ0) is 15.5. The summed E-state index contributed by atoms with van der Waals surface area (Å²) in [6.45, 7) is 3.96. The number of benzene rings is 1. The van der Waals surface area contributed by atoms with Gasteiger partial charge in [0.15, 0.2) is 0 Å². The van der Waals surface area contributed by atoms with E-state index in [0.717, 1.165) is 31.5 Å². The third kappa shape index (κ3) is 3.95. The van der Waals surface area contributed by atoms with Crippen LogP contribution in [0.4, 0.5) is 17.6 Å². The maximum atomic E-state index is 13.4. The Labute approximate surface area is 121 Å². The standard InChI is InChI=1S/C15H19F4NO/c1-2-20-9-11-4-3-7-21-14(11)10-5-6-13(16)12(8-10)15(17,18)19/h5-6,8,11,14,20H,2-4,7,9H2,1H3. The quantitative estimate of drug-likeness (QED) is 0.851. The highest BCUT2D eigenvalue weighted by molar-refractivity contribution is 5.29. The molecule has 0 radical (unpaired) electrons. The lowest BCUT2D eigenvalue weighted by atomic mass is 9.88. The van der Waals surface area contributed by atoms with Gasteiger partial charge in [-0.05, 0) is 37.1 Å². The van der Waals surface area contributed by atoms with Crippen molar-refractivity contribution in [1.82, 2.24) is 5.32 Å². The second-order valence-electron chi connectivity index (χ2n) is 5.24. The molecule has 0 spiro atoms. The predicted molar refractivity (Wildman–Crippen MR) is 71.4 cm³/mol. The van der Waals surface area contributed by atoms with Crippen LogP contribution in [0.5, 0.6) is 0 Å². The van der Waals surface area contributed by atoms with Crippen LogP contribution in [0.25, 0.3) is 0 Å². The molecule has 2 nitrogen and oxygen atoms in total. The van der Waals surface area contributed by atoms with Crippen LogP contribution in [0.3, 0.4) is 0 Å². The molecule has 1 aliphatic heterocycles. The molecule has 118 valence electrons. The molecule has 0 bridgehead atoms. The molecule has 1 fully saturated rings. The van der Waals surface area contributed by atoms with Crippen LogP contribution in [0, 0.1) is 11.7 Å². The van der Waals surface area contributed by atoms with Crippen LogP contribution in [0.15, 0.2) is 18.2 Å². The zero-order valence-corrected chi connectivity index (χ0v) is 11.8. The van der Waals surface area contributed by atoms with Crippen LogP contribution in [-0.2, 0) is 10.9 Å². The minimum absolute atomic E-state index is 0.102. The van der Waals surface area contributed by atoms with Crippen molar-refractivity contribution in [2.45, 2.75) is 32.0 Å². The maximum Gasteiger partial charge on any atom is 0.419 e. The molecule has 2 unspecified atom stereocenters. The van der Waals surface area contributed by atoms with E-state index in [2.05, 4.69) is 5.32 Å². The topological polar surface area (TPSA) is 21.3 Å². The van der Waals surface area contributed by atoms with Crippen LogP contribution < -0.4 is 5.32 Å². The summed E-state index contributed by atoms with van der Waals surface area (Å²) in [5, 5.41) is 3.20. The fraction of sp³-hybridized carbons (Fsp3) is 0.600. The molecule has 0 aromatic heterocycles. The average molecular weight is 305 g/mol. The molecule has 1 aliphatic rings. The molecular formula is C15H19F4NO. The molecule has 6 heteroatoms. The monoisotopic (exact) mass is 305 g/mol. The summed E-state index contributed by atoms with van der Waals surface area (Å²) >= 11 is 0. The minimum atomic E-state index is -4.69. The normalized spacial score (nSPS) is 23.3. The van der Waals surface area contributed by atoms with Crippen molar-refractivity contribution in [3.05, 3.63) is 35.1 Å². The molecular weight excluding hydrogens is 286 g/mol. The predicted octanol–water partition coefficient (Wildman–Crippen LogP) is 3.92. The Morgan fingerprint density at radius 2 is 2.10 bits per heavy atom. The van der Waals surface area contributed by atoms with E-state index in [1.807, 2.05) is 6.92 Å². The summed E-state index contributed by atoms with van der Waals surface area (Å²) in [5.74, 6) is -1.14. The zero-order valence-electron chi connectivity index (χ0n) is 11.8. The van der Waals surface area contributed by atoms with E-state index in [1.165, 1.54) is 6.07 Å². The van der Waals surface area contributed by atoms with Gasteiger partial charge < -0.3 is 10.1 Å². The van der Waals surface area contributed by atoms with E-state index in [0.29, 0.717) is 18.7 Å². The Kier molecular flexibility index (Phi) is 5.22. The van der Waals surface area contributed by atoms with Gasteiger partial charge in [0, 0.05) is 19.1 Å². The van der Waals surface area contributed by atoms with E-state index in [4.69, 9.17) is 4.74 Å². The van der Waals surface area contributed by atoms with Gasteiger partial charge in [0.05, 0.1) is 11.7 Å². The van der Waals surface area contributed by atoms with E-state index >= 15 is 0 Å². The van der Waals surface area contributed by atoms with Crippen molar-refractivity contribution in [2.24, 2.45) is 5.92 Å². The lowest BCUT2D eigenvalue weighted by Crippen LogP contribution is -2.32. The highest BCUT2D eigenvalue weighted by Gasteiger charge is 2.36. The number of nitrogens with one attached hydrogen (secondary N) is 1. The molecule has 1 aromatic carbocycles. The first-order valence-corrected chi connectivity index (χ1v) is 7.12. The third-order valence-corrected chi connectivity index (χ3v) is 3.73. The largest absolute Gasteiger partial charge is 0.419 e. The molecule has 1 N–H and O–H groups in total. The smallest absolute Gasteiger partial charge is 0.373 e. The van der Waals surface area contributed by atoms with Gasteiger partial charge in [-0.15, -0.1) is 0 Å². The second-order valence-corrected chi connectivity index (χ2v) is 5.24. The highest BCUT2D eigenvalue weighted by atomic mass is 19.4. The lowest BCUT2D eigenvalue weighted by Gasteiger charge is -2.32. The van der Waals surface area contributed by atoms with Crippen molar-refractivity contribution in [2.75, 3.05) is 19.7 Å². The van der Waals surface area contributed by atoms with Crippen molar-refractivity contribution in [3.8, 4) is 0 Å². The Balaban J connectivity index is 2.26. The van der Waals surface area contributed by atoms with Crippen LogP contribution in [-0.4, -0.2) is 19.7 Å². The van der Waals surface area contributed by atoms with Gasteiger partial charge in [0.2, 0.25) is 0 Å². The molecule has 0 saturated carbocycles. The van der Waals surface area contributed by atoms with Crippen LogP contribution in [0.2, 0.25) is 0 Å². The summed E-state index contributed by atoms with van der Waals surface area (Å²) in [6, 6.07) is 3.14. The Morgan fingerprint density at radius 3 is 2.76 bits per heavy atom. The van der Waals surface area contributed by atoms with Gasteiger partial charge in [-0.1, -0.05) is 13.0 Å². The fourth-order valence-electron chi connectivity index (χ4n) is 2.69. The molecule has 21 heavy (non-hydrogen) atoms. The van der Waals surface area contributed by atoms with Gasteiger partial charge in [-0.2, -0.15) is 13.2 Å². The third-order valence-electron chi connectivity index (χ3n) is 3.73. The molecule has 1 heterocycles. The molecule has 0 amide bonds. The van der Waals surface area contributed by atoms with E-state index < -0.39 is 23.7 Å². The molecule has 2 rings (SSSR count). The minimum Gasteiger partial charge on any atom is -0.373 e. The Bertz CT molecular complexity index is 475. The van der Waals surface area contributed by atoms with Gasteiger partial charge in [0.25, 0.3) is 0 Å². The first kappa shape index (κ1) is 16.2. The molecule has 2 atom stereocenters. The summed E-state index contributed by atoms with van der Waals surface area (Å²) < 4.78 is 57.4. The Hall–Kier alpha value is -1.14. The number of alkyl halides is 3. The number of halogens is 4. The van der Waals surface area contributed by atoms with Crippen molar-refractivity contribution < 1.29 is 22.3 Å². The first-order chi connectivity index (χ1) is 9.93. The van der Waals surface area contributed by atoms with Crippen molar-refractivity contribution in [3.63, 3.8) is 0 Å². The second kappa shape index (κ2) is 6.75. The van der Waals surface area contributed by atoms with Crippen LogP contribution >= 0.6 is 0 Å². The van der Waals surface area contributed by atoms with Crippen molar-refractivity contribution >= 4 is 0 Å². The van der Waals surface area contributed by atoms with Gasteiger partial charge in [0.1, 0.15) is 5.82 Å². The van der Waals surface area contributed by atoms with E-state index in [-0.39, 0.29) is 5.92 Å². The van der Waals surface area contributed by atoms with Gasteiger partial charge >= 0.3 is 6.18 Å². The number of hydrogen-bond donors (Lipinski definition) is 1. The highest BCUT2D eigenvalue weighted by Crippen LogP contribution is 2.37. The van der Waals surface area contributed by atoms with Gasteiger partial charge in [-0.25, -0.2) is 4.39 Å². The molecule has 1 saturated heterocycles. The Morgan fingerprint density at radius 1 is 1.33 bits per heavy atom. The van der Waals surface area contributed by atoms with Gasteiger partial charge in [-0.3, -0.25) is 0 Å². The van der Waals surface area contributed by atoms with Crippen molar-refractivity contribution in [1.29, 1.82) is 0 Å². The van der Waals surface area contributed by atoms with E-state index in [9.17, 15) is 17.6 Å². The maximum absolute atomic E-state index is 13.4. The lowest BCUT2D eigenvalue weighted by molar-refractivity contribution is -0.140. The summed E-state index contributed by atoms with van der Waals surface area (Å²) in [5.41, 5.74) is -0.831.